The van der Waals surface area contributed by atoms with Gasteiger partial charge in [-0.05, 0) is 25.5 Å². The lowest BCUT2D eigenvalue weighted by molar-refractivity contribution is 0.0953. The van der Waals surface area contributed by atoms with Gasteiger partial charge in [0.1, 0.15) is 0 Å². The Hall–Kier alpha value is -0.900. The van der Waals surface area contributed by atoms with Crippen LogP contribution in [0.4, 0.5) is 0 Å². The molecule has 15 heavy (non-hydrogen) atoms. The number of amides is 1. The predicted molar refractivity (Wildman–Crippen MR) is 64.3 cm³/mol. The Bertz CT molecular complexity index is 339. The minimum atomic E-state index is -0.0337. The second-order valence-electron chi connectivity index (χ2n) is 3.51. The Morgan fingerprint density at radius 2 is 2.40 bits per heavy atom. The van der Waals surface area contributed by atoms with Gasteiger partial charge in [0.25, 0.3) is 5.91 Å². The summed E-state index contributed by atoms with van der Waals surface area (Å²) in [7, 11) is 0. The fourth-order valence-electron chi connectivity index (χ4n) is 1.17. The van der Waals surface area contributed by atoms with Crippen LogP contribution in [0.2, 0.25) is 0 Å². The molecule has 0 fully saturated rings. The molecule has 0 saturated carbocycles. The van der Waals surface area contributed by atoms with Gasteiger partial charge in [-0.3, -0.25) is 9.78 Å². The maximum Gasteiger partial charge on any atom is 0.251 e. The van der Waals surface area contributed by atoms with Crippen molar-refractivity contribution < 1.29 is 4.79 Å². The van der Waals surface area contributed by atoms with E-state index in [0.29, 0.717) is 16.9 Å². The van der Waals surface area contributed by atoms with Crippen LogP contribution in [0.3, 0.4) is 0 Å². The van der Waals surface area contributed by atoms with Gasteiger partial charge in [-0.25, -0.2) is 0 Å². The summed E-state index contributed by atoms with van der Waals surface area (Å²) in [5.74, 6) is -0.0337. The molecule has 3 nitrogen and oxygen atoms in total. The topological polar surface area (TPSA) is 42.0 Å². The van der Waals surface area contributed by atoms with Gasteiger partial charge in [0.05, 0.1) is 0 Å². The molecule has 1 heterocycles. The van der Waals surface area contributed by atoms with E-state index in [-0.39, 0.29) is 5.91 Å². The first-order valence-electron chi connectivity index (χ1n) is 4.94. The molecule has 0 aromatic carbocycles. The first kappa shape index (κ1) is 12.2. The average Bonchev–Trinajstić information content (AvgIpc) is 2.17. The molecular formula is C11H15BrN2O. The van der Waals surface area contributed by atoms with E-state index in [0.717, 1.165) is 12.1 Å². The van der Waals surface area contributed by atoms with Crippen molar-refractivity contribution >= 4 is 21.8 Å². The third kappa shape index (κ3) is 4.42. The van der Waals surface area contributed by atoms with Crippen molar-refractivity contribution in [1.82, 2.24) is 10.3 Å². The van der Waals surface area contributed by atoms with Gasteiger partial charge in [-0.15, -0.1) is 0 Å². The molecule has 4 heteroatoms. The number of aromatic nitrogens is 1. The third-order valence-electron chi connectivity index (χ3n) is 1.99. The smallest absolute Gasteiger partial charge is 0.251 e. The van der Waals surface area contributed by atoms with E-state index in [1.807, 2.05) is 6.92 Å². The van der Waals surface area contributed by atoms with Gasteiger partial charge in [0.15, 0.2) is 0 Å². The summed E-state index contributed by atoms with van der Waals surface area (Å²) in [5, 5.41) is 2.86. The zero-order valence-electron chi connectivity index (χ0n) is 8.96. The number of hydrogen-bond acceptors (Lipinski definition) is 2. The molecular weight excluding hydrogens is 256 g/mol. The zero-order valence-corrected chi connectivity index (χ0v) is 10.5. The molecule has 0 aliphatic rings. The Morgan fingerprint density at radius 1 is 1.67 bits per heavy atom. The Kier molecular flexibility index (Phi) is 4.75. The van der Waals surface area contributed by atoms with E-state index in [2.05, 4.69) is 33.2 Å². The lowest BCUT2D eigenvalue weighted by Gasteiger charge is -2.06. The highest BCUT2D eigenvalue weighted by atomic mass is 79.9. The van der Waals surface area contributed by atoms with Crippen molar-refractivity contribution in [3.63, 3.8) is 0 Å². The SMILES string of the molecule is Cc1cc(C(=O)NCCC(C)Br)ccn1. The third-order valence-corrected chi connectivity index (χ3v) is 2.44. The summed E-state index contributed by atoms with van der Waals surface area (Å²) in [6, 6.07) is 3.51. The van der Waals surface area contributed by atoms with Crippen LogP contribution in [-0.4, -0.2) is 22.3 Å². The van der Waals surface area contributed by atoms with Crippen molar-refractivity contribution in [2.24, 2.45) is 0 Å². The molecule has 1 rings (SSSR count). The monoisotopic (exact) mass is 270 g/mol. The molecule has 1 amide bonds. The van der Waals surface area contributed by atoms with Crippen LogP contribution in [0.1, 0.15) is 29.4 Å². The van der Waals surface area contributed by atoms with E-state index in [1.54, 1.807) is 18.3 Å². The standard InChI is InChI=1S/C11H15BrN2O/c1-8(12)3-5-14-11(15)10-4-6-13-9(2)7-10/h4,6-8H,3,5H2,1-2H3,(H,14,15). The highest BCUT2D eigenvalue weighted by molar-refractivity contribution is 9.09. The number of nitrogens with one attached hydrogen (secondary N) is 1. The van der Waals surface area contributed by atoms with E-state index in [1.165, 1.54) is 0 Å². The molecule has 0 aliphatic heterocycles. The molecule has 0 spiro atoms. The maximum absolute atomic E-state index is 11.6. The van der Waals surface area contributed by atoms with Crippen LogP contribution < -0.4 is 5.32 Å². The Balaban J connectivity index is 2.47. The van der Waals surface area contributed by atoms with Crippen molar-refractivity contribution in [2.45, 2.75) is 25.1 Å². The quantitative estimate of drug-likeness (QED) is 0.854. The van der Waals surface area contributed by atoms with Crippen molar-refractivity contribution in [2.75, 3.05) is 6.54 Å². The molecule has 0 bridgehead atoms. The van der Waals surface area contributed by atoms with Crippen molar-refractivity contribution in [3.8, 4) is 0 Å². The number of nitrogens with zero attached hydrogens (tertiary/aromatic N) is 1. The molecule has 1 aromatic heterocycles. The normalized spacial score (nSPS) is 12.2. The van der Waals surface area contributed by atoms with Crippen LogP contribution >= 0.6 is 15.9 Å². The lowest BCUT2D eigenvalue weighted by Crippen LogP contribution is -2.25. The number of rotatable bonds is 4. The highest BCUT2D eigenvalue weighted by Crippen LogP contribution is 2.03. The van der Waals surface area contributed by atoms with Crippen LogP contribution in [0.15, 0.2) is 18.3 Å². The maximum atomic E-state index is 11.6. The lowest BCUT2D eigenvalue weighted by atomic mass is 10.2. The molecule has 0 radical (unpaired) electrons. The summed E-state index contributed by atoms with van der Waals surface area (Å²) in [6.45, 7) is 4.62. The van der Waals surface area contributed by atoms with Gasteiger partial charge >= 0.3 is 0 Å². The number of aryl methyl sites for hydroxylation is 1. The number of carbonyl (C=O) groups is 1. The Labute approximate surface area is 98.4 Å². The van der Waals surface area contributed by atoms with Gasteiger partial charge in [-0.1, -0.05) is 22.9 Å². The number of carbonyl (C=O) groups excluding carboxylic acids is 1. The van der Waals surface area contributed by atoms with Crippen molar-refractivity contribution in [1.29, 1.82) is 0 Å². The van der Waals surface area contributed by atoms with Crippen LogP contribution in [-0.2, 0) is 0 Å². The predicted octanol–water partition coefficient (Wildman–Crippen LogP) is 2.29. The minimum absolute atomic E-state index is 0.0337. The van der Waals surface area contributed by atoms with E-state index in [9.17, 15) is 4.79 Å². The highest BCUT2D eigenvalue weighted by Gasteiger charge is 2.05. The molecule has 1 unspecified atom stereocenters. The average molecular weight is 271 g/mol. The molecule has 82 valence electrons. The van der Waals surface area contributed by atoms with Gasteiger partial charge < -0.3 is 5.32 Å². The summed E-state index contributed by atoms with van der Waals surface area (Å²) in [6.07, 6.45) is 2.58. The number of hydrogen-bond donors (Lipinski definition) is 1. The summed E-state index contributed by atoms with van der Waals surface area (Å²) in [5.41, 5.74) is 1.53. The first-order chi connectivity index (χ1) is 7.09. The van der Waals surface area contributed by atoms with Gasteiger partial charge in [0.2, 0.25) is 0 Å². The Morgan fingerprint density at radius 3 is 3.00 bits per heavy atom. The number of alkyl halides is 1. The van der Waals surface area contributed by atoms with E-state index in [4.69, 9.17) is 0 Å². The van der Waals surface area contributed by atoms with Crippen LogP contribution in [0.25, 0.3) is 0 Å². The second-order valence-corrected chi connectivity index (χ2v) is 5.07. The summed E-state index contributed by atoms with van der Waals surface area (Å²) >= 11 is 3.43. The molecule has 1 atom stereocenters. The number of halogens is 1. The fourth-order valence-corrected chi connectivity index (χ4v) is 1.40. The van der Waals surface area contributed by atoms with Crippen molar-refractivity contribution in [3.05, 3.63) is 29.6 Å². The van der Waals surface area contributed by atoms with E-state index < -0.39 is 0 Å². The van der Waals surface area contributed by atoms with Gasteiger partial charge in [-0.2, -0.15) is 0 Å². The largest absolute Gasteiger partial charge is 0.352 e. The van der Waals surface area contributed by atoms with E-state index >= 15 is 0 Å². The number of pyridine rings is 1. The minimum Gasteiger partial charge on any atom is -0.352 e. The van der Waals surface area contributed by atoms with Crippen LogP contribution in [0, 0.1) is 6.92 Å². The van der Waals surface area contributed by atoms with Crippen LogP contribution in [0.5, 0.6) is 0 Å². The summed E-state index contributed by atoms with van der Waals surface area (Å²) < 4.78 is 0. The molecule has 0 aliphatic carbocycles. The molecule has 0 saturated heterocycles. The zero-order chi connectivity index (χ0) is 11.3. The van der Waals surface area contributed by atoms with Gasteiger partial charge in [0, 0.05) is 28.8 Å². The fraction of sp³-hybridized carbons (Fsp3) is 0.455. The second kappa shape index (κ2) is 5.85. The first-order valence-corrected chi connectivity index (χ1v) is 5.86. The molecule has 1 aromatic rings. The molecule has 1 N–H and O–H groups in total. The summed E-state index contributed by atoms with van der Waals surface area (Å²) in [4.78, 5) is 16.1.